The van der Waals surface area contributed by atoms with Crippen molar-refractivity contribution in [3.63, 3.8) is 0 Å². The fourth-order valence-electron chi connectivity index (χ4n) is 2.53. The fraction of sp³-hybridized carbons (Fsp3) is 0.0952. The summed E-state index contributed by atoms with van der Waals surface area (Å²) in [6.07, 6.45) is 5.63. The van der Waals surface area contributed by atoms with Gasteiger partial charge in [-0.05, 0) is 48.4 Å². The number of rotatable bonds is 5. The highest BCUT2D eigenvalue weighted by molar-refractivity contribution is 5.76. The third kappa shape index (κ3) is 4.18. The molecule has 4 nitrogen and oxygen atoms in total. The minimum atomic E-state index is 0.183. The van der Waals surface area contributed by atoms with Gasteiger partial charge in [0.15, 0.2) is 0 Å². The van der Waals surface area contributed by atoms with E-state index in [1.165, 1.54) is 0 Å². The first-order chi connectivity index (χ1) is 12.2. The maximum atomic E-state index is 10.2. The zero-order chi connectivity index (χ0) is 17.6. The van der Waals surface area contributed by atoms with Gasteiger partial charge in [0.05, 0.1) is 12.3 Å². The number of phenolic OH excluding ortho intramolecular Hbond substituents is 1. The first kappa shape index (κ1) is 16.6. The number of nitrogens with zero attached hydrogens (tertiary/aromatic N) is 1. The van der Waals surface area contributed by atoms with Gasteiger partial charge in [-0.15, -0.1) is 0 Å². The van der Waals surface area contributed by atoms with E-state index >= 15 is 0 Å². The van der Waals surface area contributed by atoms with Crippen molar-refractivity contribution in [2.24, 2.45) is 0 Å². The Balaban J connectivity index is 1.91. The van der Waals surface area contributed by atoms with Gasteiger partial charge >= 0.3 is 0 Å². The topological polar surface area (TPSA) is 68.4 Å². The van der Waals surface area contributed by atoms with E-state index in [-0.39, 0.29) is 5.75 Å². The van der Waals surface area contributed by atoms with E-state index in [0.717, 1.165) is 22.6 Å². The van der Waals surface area contributed by atoms with E-state index in [9.17, 15) is 5.11 Å². The van der Waals surface area contributed by atoms with Crippen LogP contribution in [-0.4, -0.2) is 16.7 Å². The second-order valence-corrected chi connectivity index (χ2v) is 5.59. The number of nitrogen functional groups attached to an aromatic ring is 1. The van der Waals surface area contributed by atoms with Gasteiger partial charge in [0.25, 0.3) is 0 Å². The van der Waals surface area contributed by atoms with Crippen molar-refractivity contribution in [2.75, 3.05) is 12.3 Å². The van der Waals surface area contributed by atoms with Gasteiger partial charge in [-0.2, -0.15) is 0 Å². The maximum Gasteiger partial charge on any atom is 0.125 e. The number of ether oxygens (including phenoxy) is 1. The van der Waals surface area contributed by atoms with Gasteiger partial charge in [-0.1, -0.05) is 30.4 Å². The normalized spacial score (nSPS) is 10.9. The van der Waals surface area contributed by atoms with Crippen molar-refractivity contribution in [3.8, 4) is 22.8 Å². The Labute approximate surface area is 147 Å². The Kier molecular flexibility index (Phi) is 5.00. The molecular formula is C21H20N2O2. The summed E-state index contributed by atoms with van der Waals surface area (Å²) in [7, 11) is 0. The Hall–Kier alpha value is -3.27. The molecule has 3 aromatic rings. The lowest BCUT2D eigenvalue weighted by molar-refractivity contribution is 0.340. The number of pyridine rings is 1. The molecule has 0 atom stereocenters. The molecule has 0 bridgehead atoms. The van der Waals surface area contributed by atoms with Crippen molar-refractivity contribution in [3.05, 3.63) is 71.9 Å². The summed E-state index contributed by atoms with van der Waals surface area (Å²) < 4.78 is 5.51. The number of anilines is 1. The van der Waals surface area contributed by atoms with Crippen LogP contribution < -0.4 is 10.5 Å². The molecule has 0 radical (unpaired) electrons. The summed E-state index contributed by atoms with van der Waals surface area (Å²) in [4.78, 5) is 4.34. The molecule has 0 aliphatic heterocycles. The molecule has 1 aromatic heterocycles. The molecule has 0 unspecified atom stereocenters. The lowest BCUT2D eigenvalue weighted by Gasteiger charge is -2.08. The summed E-state index contributed by atoms with van der Waals surface area (Å²) in [6.45, 7) is 2.51. The maximum absolute atomic E-state index is 10.2. The number of hydrogen-bond donors (Lipinski definition) is 2. The molecule has 1 heterocycles. The molecule has 2 aromatic carbocycles. The van der Waals surface area contributed by atoms with E-state index in [2.05, 4.69) is 4.98 Å². The average molecular weight is 332 g/mol. The van der Waals surface area contributed by atoms with E-state index in [4.69, 9.17) is 10.5 Å². The van der Waals surface area contributed by atoms with Gasteiger partial charge in [0.1, 0.15) is 11.5 Å². The predicted molar refractivity (Wildman–Crippen MR) is 102 cm³/mol. The first-order valence-electron chi connectivity index (χ1n) is 8.11. The van der Waals surface area contributed by atoms with E-state index < -0.39 is 0 Å². The molecule has 0 amide bonds. The third-order valence-corrected chi connectivity index (χ3v) is 3.72. The lowest BCUT2D eigenvalue weighted by Crippen LogP contribution is -1.93. The highest BCUT2D eigenvalue weighted by atomic mass is 16.5. The molecule has 0 aliphatic carbocycles. The lowest BCUT2D eigenvalue weighted by atomic mass is 10.0. The molecule has 25 heavy (non-hydrogen) atoms. The van der Waals surface area contributed by atoms with Crippen LogP contribution in [0.2, 0.25) is 0 Å². The average Bonchev–Trinajstić information content (AvgIpc) is 2.62. The molecule has 126 valence electrons. The largest absolute Gasteiger partial charge is 0.507 e. The van der Waals surface area contributed by atoms with Crippen molar-refractivity contribution < 1.29 is 9.84 Å². The highest BCUT2D eigenvalue weighted by Gasteiger charge is 2.07. The summed E-state index contributed by atoms with van der Waals surface area (Å²) in [5, 5.41) is 10.2. The van der Waals surface area contributed by atoms with Crippen LogP contribution >= 0.6 is 0 Å². The van der Waals surface area contributed by atoms with E-state index in [0.29, 0.717) is 17.9 Å². The van der Waals surface area contributed by atoms with Gasteiger partial charge in [-0.3, -0.25) is 4.98 Å². The quantitative estimate of drug-likeness (QED) is 0.529. The summed E-state index contributed by atoms with van der Waals surface area (Å²) in [5.74, 6) is 0.912. The fourth-order valence-corrected chi connectivity index (χ4v) is 2.53. The number of aromatic hydroxyl groups is 1. The van der Waals surface area contributed by atoms with Crippen LogP contribution in [0, 0.1) is 0 Å². The molecule has 0 saturated carbocycles. The molecule has 3 rings (SSSR count). The van der Waals surface area contributed by atoms with E-state index in [1.54, 1.807) is 18.3 Å². The van der Waals surface area contributed by atoms with Crippen LogP contribution in [-0.2, 0) is 0 Å². The van der Waals surface area contributed by atoms with Crippen molar-refractivity contribution in [1.29, 1.82) is 0 Å². The molecule has 4 heteroatoms. The van der Waals surface area contributed by atoms with Crippen molar-refractivity contribution in [1.82, 2.24) is 4.98 Å². The number of aromatic nitrogens is 1. The van der Waals surface area contributed by atoms with Gasteiger partial charge in [-0.25, -0.2) is 0 Å². The number of benzene rings is 2. The zero-order valence-electron chi connectivity index (χ0n) is 14.0. The molecule has 0 spiro atoms. The number of hydrogen-bond acceptors (Lipinski definition) is 4. The second kappa shape index (κ2) is 7.53. The molecule has 0 fully saturated rings. The Bertz CT molecular complexity index is 904. The van der Waals surface area contributed by atoms with Crippen LogP contribution in [0.3, 0.4) is 0 Å². The minimum absolute atomic E-state index is 0.183. The number of nitrogens with two attached hydrogens (primary N) is 1. The molecule has 0 aliphatic rings. The standard InChI is InChI=1S/C21H20N2O2/c1-2-25-18-10-11-23-20(14-18)19-13-16(8-9-21(19)24)7-6-15-4-3-5-17(22)12-15/h3-14,24H,2,22H2,1H3/b7-6+. The van der Waals surface area contributed by atoms with Crippen LogP contribution in [0.25, 0.3) is 23.4 Å². The van der Waals surface area contributed by atoms with Crippen molar-refractivity contribution >= 4 is 17.8 Å². The van der Waals surface area contributed by atoms with Crippen LogP contribution in [0.1, 0.15) is 18.1 Å². The Morgan fingerprint density at radius 2 is 1.84 bits per heavy atom. The van der Waals surface area contributed by atoms with Gasteiger partial charge < -0.3 is 15.6 Å². The molecule has 0 saturated heterocycles. The van der Waals surface area contributed by atoms with Crippen molar-refractivity contribution in [2.45, 2.75) is 6.92 Å². The molecule has 3 N–H and O–H groups in total. The minimum Gasteiger partial charge on any atom is -0.507 e. The van der Waals surface area contributed by atoms with E-state index in [1.807, 2.05) is 61.5 Å². The monoisotopic (exact) mass is 332 g/mol. The Morgan fingerprint density at radius 1 is 1.04 bits per heavy atom. The summed E-state index contributed by atoms with van der Waals surface area (Å²) >= 11 is 0. The van der Waals surface area contributed by atoms with Crippen LogP contribution in [0.15, 0.2) is 60.8 Å². The van der Waals surface area contributed by atoms with Gasteiger partial charge in [0.2, 0.25) is 0 Å². The smallest absolute Gasteiger partial charge is 0.125 e. The SMILES string of the molecule is CCOc1ccnc(-c2cc(/C=C/c3cccc(N)c3)ccc2O)c1. The summed E-state index contributed by atoms with van der Waals surface area (Å²) in [5.41, 5.74) is 9.84. The second-order valence-electron chi connectivity index (χ2n) is 5.59. The predicted octanol–water partition coefficient (Wildman–Crippen LogP) is 4.61. The van der Waals surface area contributed by atoms with Crippen LogP contribution in [0.5, 0.6) is 11.5 Å². The zero-order valence-corrected chi connectivity index (χ0v) is 14.0. The first-order valence-corrected chi connectivity index (χ1v) is 8.11. The summed E-state index contributed by atoms with van der Waals surface area (Å²) in [6, 6.07) is 16.7. The Morgan fingerprint density at radius 3 is 2.60 bits per heavy atom. The van der Waals surface area contributed by atoms with Crippen LogP contribution in [0.4, 0.5) is 5.69 Å². The van der Waals surface area contributed by atoms with Gasteiger partial charge in [0, 0.05) is 23.5 Å². The third-order valence-electron chi connectivity index (χ3n) is 3.72. The highest BCUT2D eigenvalue weighted by Crippen LogP contribution is 2.31. The number of phenols is 1. The molecular weight excluding hydrogens is 312 g/mol.